The number of thiazole rings is 1. The van der Waals surface area contributed by atoms with Gasteiger partial charge in [-0.25, -0.2) is 4.98 Å². The summed E-state index contributed by atoms with van der Waals surface area (Å²) in [5.41, 5.74) is 1.37. The number of thioether (sulfide) groups is 1. The van der Waals surface area contributed by atoms with Crippen LogP contribution >= 0.6 is 23.1 Å². The number of quaternary nitrogens is 1. The molecule has 2 N–H and O–H groups in total. The van der Waals surface area contributed by atoms with Crippen LogP contribution in [0.5, 0.6) is 0 Å². The fraction of sp³-hybridized carbons (Fsp3) is 0.263. The second-order valence-corrected chi connectivity index (χ2v) is 8.28. The minimum absolute atomic E-state index is 0.0406. The number of benzene rings is 2. The van der Waals surface area contributed by atoms with Gasteiger partial charge >= 0.3 is 0 Å². The van der Waals surface area contributed by atoms with Gasteiger partial charge in [0.1, 0.15) is 6.04 Å². The Morgan fingerprint density at radius 1 is 1.22 bits per heavy atom. The zero-order valence-electron chi connectivity index (χ0n) is 14.9. The predicted octanol–water partition coefficient (Wildman–Crippen LogP) is 3.83. The van der Waals surface area contributed by atoms with Gasteiger partial charge in [0, 0.05) is 4.90 Å². The molecule has 0 aliphatic heterocycles. The molecule has 0 aliphatic carbocycles. The maximum atomic E-state index is 12.7. The summed E-state index contributed by atoms with van der Waals surface area (Å²) in [6.07, 6.45) is 0. The van der Waals surface area contributed by atoms with Crippen molar-refractivity contribution in [1.82, 2.24) is 4.98 Å². The van der Waals surface area contributed by atoms with E-state index in [0.29, 0.717) is 22.3 Å². The smallest absolute Gasteiger partial charge is 0.288 e. The van der Waals surface area contributed by atoms with Crippen molar-refractivity contribution in [1.29, 1.82) is 0 Å². The van der Waals surface area contributed by atoms with Crippen molar-refractivity contribution in [3.63, 3.8) is 0 Å². The molecule has 1 unspecified atom stereocenters. The number of anilines is 1. The molecule has 1 aromatic heterocycles. The Morgan fingerprint density at radius 2 is 1.93 bits per heavy atom. The second kappa shape index (κ2) is 8.77. The van der Waals surface area contributed by atoms with Crippen molar-refractivity contribution in [3.05, 3.63) is 53.5 Å². The summed E-state index contributed by atoms with van der Waals surface area (Å²) in [4.78, 5) is 18.4. The number of hydrogen-bond donors (Lipinski definition) is 2. The van der Waals surface area contributed by atoms with E-state index >= 15 is 0 Å². The van der Waals surface area contributed by atoms with Crippen molar-refractivity contribution in [3.8, 4) is 0 Å². The van der Waals surface area contributed by atoms with E-state index in [4.69, 9.17) is 0 Å². The normalized spacial score (nSPS) is 13.7. The van der Waals surface area contributed by atoms with Crippen LogP contribution in [0.15, 0.2) is 53.4 Å². The summed E-state index contributed by atoms with van der Waals surface area (Å²) >= 11 is 2.05. The standard InChI is InChI=1S/C19H19F2N3OS2/c1-12(18-23-14-8-4-5-9-15(14)26-18)24(2)11-17(25)22-13-7-3-6-10-16(13)27-19(20)21/h3-10,12,19H,11H2,1-2H3,(H,22,25)/p+1/t12-/m0/s1. The van der Waals surface area contributed by atoms with E-state index in [1.807, 2.05) is 38.2 Å². The molecule has 0 bridgehead atoms. The van der Waals surface area contributed by atoms with Crippen molar-refractivity contribution in [2.24, 2.45) is 0 Å². The molecule has 4 nitrogen and oxygen atoms in total. The molecule has 3 aromatic rings. The fourth-order valence-corrected chi connectivity index (χ4v) is 4.36. The van der Waals surface area contributed by atoms with E-state index in [1.165, 1.54) is 0 Å². The van der Waals surface area contributed by atoms with Crippen LogP contribution in [0.2, 0.25) is 0 Å². The predicted molar refractivity (Wildman–Crippen MR) is 107 cm³/mol. The van der Waals surface area contributed by atoms with Crippen LogP contribution in [0.1, 0.15) is 18.0 Å². The Morgan fingerprint density at radius 3 is 2.67 bits per heavy atom. The first kappa shape index (κ1) is 19.7. The lowest BCUT2D eigenvalue weighted by molar-refractivity contribution is -0.902. The number of halogens is 2. The van der Waals surface area contributed by atoms with Gasteiger partial charge in [0.15, 0.2) is 11.6 Å². The molecule has 3 rings (SSSR count). The van der Waals surface area contributed by atoms with Crippen LogP contribution in [0.25, 0.3) is 10.2 Å². The SMILES string of the molecule is C[C@@H](c1nc2ccccc2s1)[NH+](C)CC(=O)Nc1ccccc1SC(F)F. The molecular formula is C19H20F2N3OS2+. The highest BCUT2D eigenvalue weighted by atomic mass is 32.2. The van der Waals surface area contributed by atoms with E-state index in [2.05, 4.69) is 10.3 Å². The van der Waals surface area contributed by atoms with E-state index in [9.17, 15) is 13.6 Å². The Balaban J connectivity index is 1.65. The van der Waals surface area contributed by atoms with Crippen molar-refractivity contribution in [2.75, 3.05) is 18.9 Å². The quantitative estimate of drug-likeness (QED) is 0.584. The first-order valence-electron chi connectivity index (χ1n) is 8.45. The van der Waals surface area contributed by atoms with Gasteiger partial charge in [0.2, 0.25) is 0 Å². The van der Waals surface area contributed by atoms with Gasteiger partial charge in [-0.3, -0.25) is 4.79 Å². The number of para-hydroxylation sites is 2. The second-order valence-electron chi connectivity index (χ2n) is 6.19. The molecule has 0 spiro atoms. The van der Waals surface area contributed by atoms with Crippen LogP contribution in [0.4, 0.5) is 14.5 Å². The molecule has 0 saturated heterocycles. The Kier molecular flexibility index (Phi) is 6.41. The number of alkyl halides is 2. The number of carbonyl (C=O) groups excluding carboxylic acids is 1. The van der Waals surface area contributed by atoms with Gasteiger partial charge < -0.3 is 10.2 Å². The van der Waals surface area contributed by atoms with Gasteiger partial charge in [-0.05, 0) is 31.2 Å². The van der Waals surface area contributed by atoms with E-state index in [-0.39, 0.29) is 18.5 Å². The van der Waals surface area contributed by atoms with Gasteiger partial charge in [0.25, 0.3) is 11.7 Å². The third kappa shape index (κ3) is 5.03. The van der Waals surface area contributed by atoms with E-state index in [0.717, 1.165) is 20.1 Å². The molecule has 0 radical (unpaired) electrons. The first-order valence-corrected chi connectivity index (χ1v) is 10.1. The van der Waals surface area contributed by atoms with Crippen molar-refractivity contribution in [2.45, 2.75) is 23.6 Å². The molecule has 1 amide bonds. The Hall–Kier alpha value is -2.03. The monoisotopic (exact) mass is 408 g/mol. The van der Waals surface area contributed by atoms with Crippen LogP contribution in [-0.2, 0) is 4.79 Å². The summed E-state index contributed by atoms with van der Waals surface area (Å²) in [5, 5.41) is 3.72. The van der Waals surface area contributed by atoms with Gasteiger partial charge in [-0.2, -0.15) is 8.78 Å². The van der Waals surface area contributed by atoms with Crippen LogP contribution < -0.4 is 10.2 Å². The highest BCUT2D eigenvalue weighted by molar-refractivity contribution is 7.99. The summed E-state index contributed by atoms with van der Waals surface area (Å²) in [5.74, 6) is -2.75. The van der Waals surface area contributed by atoms with Gasteiger partial charge in [-0.15, -0.1) is 11.3 Å². The number of aromatic nitrogens is 1. The van der Waals surface area contributed by atoms with E-state index in [1.54, 1.807) is 35.6 Å². The van der Waals surface area contributed by atoms with Gasteiger partial charge in [-0.1, -0.05) is 36.0 Å². The molecule has 27 heavy (non-hydrogen) atoms. The molecular weight excluding hydrogens is 388 g/mol. The fourth-order valence-electron chi connectivity index (χ4n) is 2.66. The summed E-state index contributed by atoms with van der Waals surface area (Å²) < 4.78 is 26.5. The molecule has 0 fully saturated rings. The number of hydrogen-bond acceptors (Lipinski definition) is 4. The molecule has 142 valence electrons. The summed E-state index contributed by atoms with van der Waals surface area (Å²) in [6, 6.07) is 14.6. The largest absolute Gasteiger partial charge is 0.322 e. The molecule has 0 saturated carbocycles. The third-order valence-electron chi connectivity index (χ3n) is 4.24. The molecule has 8 heteroatoms. The number of fused-ring (bicyclic) bond motifs is 1. The molecule has 2 atom stereocenters. The maximum Gasteiger partial charge on any atom is 0.288 e. The lowest BCUT2D eigenvalue weighted by Crippen LogP contribution is -3.10. The van der Waals surface area contributed by atoms with Crippen molar-refractivity contribution >= 4 is 44.9 Å². The number of rotatable bonds is 7. The highest BCUT2D eigenvalue weighted by Gasteiger charge is 2.22. The lowest BCUT2D eigenvalue weighted by atomic mass is 10.3. The summed E-state index contributed by atoms with van der Waals surface area (Å²) in [6.45, 7) is 2.24. The zero-order valence-corrected chi connectivity index (χ0v) is 16.5. The summed E-state index contributed by atoms with van der Waals surface area (Å²) in [7, 11) is 1.93. The minimum Gasteiger partial charge on any atom is -0.322 e. The number of carbonyl (C=O) groups is 1. The average Bonchev–Trinajstić information content (AvgIpc) is 3.06. The number of amides is 1. The molecule has 0 aliphatic rings. The topological polar surface area (TPSA) is 46.4 Å². The van der Waals surface area contributed by atoms with Crippen LogP contribution in [0, 0.1) is 0 Å². The molecule has 2 aromatic carbocycles. The molecule has 1 heterocycles. The van der Waals surface area contributed by atoms with Crippen LogP contribution in [-0.4, -0.2) is 30.2 Å². The average molecular weight is 409 g/mol. The number of nitrogens with one attached hydrogen (secondary N) is 2. The maximum absolute atomic E-state index is 12.7. The Bertz CT molecular complexity index is 899. The van der Waals surface area contributed by atoms with Gasteiger partial charge in [0.05, 0.1) is 23.0 Å². The number of likely N-dealkylation sites (N-methyl/N-ethyl adjacent to an activating group) is 1. The lowest BCUT2D eigenvalue weighted by Gasteiger charge is -2.19. The van der Waals surface area contributed by atoms with Crippen LogP contribution in [0.3, 0.4) is 0 Å². The van der Waals surface area contributed by atoms with Crippen molar-refractivity contribution < 1.29 is 18.5 Å². The minimum atomic E-state index is -2.53. The first-order chi connectivity index (χ1) is 12.9. The van der Waals surface area contributed by atoms with E-state index < -0.39 is 5.76 Å². The Labute approximate surface area is 164 Å². The highest BCUT2D eigenvalue weighted by Crippen LogP contribution is 2.31. The number of nitrogens with zero attached hydrogens (tertiary/aromatic N) is 1. The third-order valence-corrected chi connectivity index (χ3v) is 6.24. The zero-order chi connectivity index (χ0) is 19.4.